The first-order valence-electron chi connectivity index (χ1n) is 54.6. The van der Waals surface area contributed by atoms with Crippen LogP contribution >= 0.6 is 34.0 Å². The second kappa shape index (κ2) is 50.3. The lowest BCUT2D eigenvalue weighted by atomic mass is 9.70. The number of carbonyl (C=O) groups is 9. The molecule has 0 radical (unpaired) electrons. The lowest BCUT2D eigenvalue weighted by Gasteiger charge is -2.38. The fourth-order valence-corrected chi connectivity index (χ4v) is 25.6. The highest BCUT2D eigenvalue weighted by molar-refractivity contribution is 7.14. The largest absolute Gasteiger partial charge is 0.481 e. The van der Waals surface area contributed by atoms with Gasteiger partial charge in [0.15, 0.2) is 17.5 Å². The van der Waals surface area contributed by atoms with Gasteiger partial charge in [0.25, 0.3) is 17.7 Å². The molecule has 0 spiro atoms. The molecule has 2 saturated heterocycles. The van der Waals surface area contributed by atoms with Crippen LogP contribution in [0.15, 0.2) is 177 Å². The standard InChI is InChI=1S/C43H54N6O4S.C40H50N4O4S.C38H46N4O4S/c1-5-6-27-7-11-29(12-8-27)30-15-17-31(18-16-30)33-23-45-39(46-24-33)32-13-9-28(10-14-32)21-35(48-41(51)37-19-20-38(54-37)43(2,3)4)40(50)49-36(42(52)53)22-34-25-44-26-47-34;1-5-25-6-10-27(11-7-25)28-14-16-29(17-15-28)31-21-41-36(42-22-31)30-12-8-26(9-13-30)20-33(38(46)44-23-32(24-44)39(47)48)43-37(45)34-18-19-35(49-34)40(2,3)4;1-38(2,3)33-18-17-32(47-33)35(43)41-31(36(44)42-22-30(23-42)37(45)46)19-24-9-11-28(12-10-24)34-39-20-29(21-40-34)27-15-13-26(14-16-27)25-7-5-4-6-8-25/h9-10,13-14,17,19-20,23-27,29-30,35-36H,5-8,11-12,15-16,18,21-22H2,1-4H3,(H,44,47)(H,48,51)(H,49,50)(H,52,53);8-9,12-13,16,18-19,21-22,25,27-28,32-33H,5-7,10-11,14-15,17,20,23-24H2,1-4H3,(H,43,45)(H,47,48);9-12,15,17-18,20-21,25-26,30-31H,4-8,13-14,16,19,22-23H2,1-3H3,(H,41,43)(H,45,46)/t27?,29?,30?,35-,36+;25?,27?,28?,33-;26?,31-/m000/s1. The van der Waals surface area contributed by atoms with Gasteiger partial charge in [0.2, 0.25) is 17.7 Å². The Morgan fingerprint density at radius 3 is 1.01 bits per heavy atom. The monoisotopic (exact) mass is 2090 g/mol. The van der Waals surface area contributed by atoms with Gasteiger partial charge < -0.3 is 51.4 Å². The Hall–Kier alpha value is -12.3. The van der Waals surface area contributed by atoms with Crippen LogP contribution in [0.1, 0.15) is 319 Å². The number of hydrogen-bond acceptors (Lipinski definition) is 19. The van der Waals surface area contributed by atoms with Gasteiger partial charge in [-0.25, -0.2) is 39.7 Å². The molecular formula is C121H150N14O12S3. The van der Waals surface area contributed by atoms with Crippen molar-refractivity contribution in [3.63, 3.8) is 0 Å². The van der Waals surface area contributed by atoms with Crippen molar-refractivity contribution in [2.24, 2.45) is 59.2 Å². The van der Waals surface area contributed by atoms with Crippen LogP contribution in [0, 0.1) is 59.2 Å². The first-order chi connectivity index (χ1) is 72.0. The van der Waals surface area contributed by atoms with E-state index in [4.69, 9.17) is 29.9 Å². The number of carboxylic acid groups (broad SMARTS) is 3. The van der Waals surface area contributed by atoms with Gasteiger partial charge in [-0.2, -0.15) is 0 Å². The van der Waals surface area contributed by atoms with Crippen molar-refractivity contribution < 1.29 is 58.5 Å². The van der Waals surface area contributed by atoms with Crippen LogP contribution in [0.5, 0.6) is 0 Å². The third kappa shape index (κ3) is 29.1. The second-order valence-electron chi connectivity index (χ2n) is 46.1. The zero-order chi connectivity index (χ0) is 106. The van der Waals surface area contributed by atoms with Crippen molar-refractivity contribution in [3.8, 4) is 34.2 Å². The highest BCUT2D eigenvalue weighted by atomic mass is 32.1. The molecule has 6 amide bonds. The molecule has 7 atom stereocenters. The number of carboxylic acids is 3. The predicted molar refractivity (Wildman–Crippen MR) is 592 cm³/mol. The van der Waals surface area contributed by atoms with Gasteiger partial charge in [-0.05, 0) is 217 Å². The number of carbonyl (C=O) groups excluding carboxylic acids is 6. The maximum Gasteiger partial charge on any atom is 0.326 e. The summed E-state index contributed by atoms with van der Waals surface area (Å²) in [6.45, 7) is 24.0. The fourth-order valence-electron chi connectivity index (χ4n) is 22.7. The summed E-state index contributed by atoms with van der Waals surface area (Å²) in [5.41, 5.74) is 12.7. The Morgan fingerprint density at radius 2 is 0.713 bits per heavy atom. The van der Waals surface area contributed by atoms with Crippen LogP contribution < -0.4 is 21.3 Å². The molecule has 6 aliphatic carbocycles. The van der Waals surface area contributed by atoms with Gasteiger partial charge in [0.05, 0.1) is 32.8 Å². The molecule has 5 fully saturated rings. The number of aliphatic carboxylic acids is 3. The number of amides is 6. The van der Waals surface area contributed by atoms with E-state index in [9.17, 15) is 58.5 Å². The quantitative estimate of drug-likeness (QED) is 0.0189. The Bertz CT molecular complexity index is 6370. The molecule has 9 heterocycles. The van der Waals surface area contributed by atoms with Gasteiger partial charge in [0, 0.05) is 149 Å². The summed E-state index contributed by atoms with van der Waals surface area (Å²) in [6, 6.07) is 30.5. The fraction of sp³-hybridized carbons (Fsp3) is 0.504. The van der Waals surface area contributed by atoms with Gasteiger partial charge in [-0.15, -0.1) is 34.0 Å². The number of thiophene rings is 3. The van der Waals surface area contributed by atoms with E-state index in [1.807, 2.05) is 128 Å². The summed E-state index contributed by atoms with van der Waals surface area (Å²) < 4.78 is 0. The molecule has 7 aromatic heterocycles. The Kier molecular flexibility index (Phi) is 37.0. The first-order valence-corrected chi connectivity index (χ1v) is 57.0. The number of nitrogens with one attached hydrogen (secondary N) is 5. The minimum Gasteiger partial charge on any atom is -0.481 e. The lowest BCUT2D eigenvalue weighted by Crippen LogP contribution is -2.59. The van der Waals surface area contributed by atoms with E-state index in [1.165, 1.54) is 195 Å². The minimum absolute atomic E-state index is 0.0207. The summed E-state index contributed by atoms with van der Waals surface area (Å²) in [6.07, 6.45) is 55.2. The molecule has 29 heteroatoms. The third-order valence-corrected chi connectivity index (χ3v) is 36.8. The van der Waals surface area contributed by atoms with E-state index in [-0.39, 0.29) is 97.6 Å². The number of nitrogens with zero attached hydrogens (tertiary/aromatic N) is 9. The first kappa shape index (κ1) is 110. The van der Waals surface area contributed by atoms with Crippen LogP contribution in [0.2, 0.25) is 0 Å². The van der Waals surface area contributed by atoms with E-state index in [1.54, 1.807) is 18.2 Å². The SMILES string of the molecule is CC(C)(C)c1ccc(C(=O)N[C@@H](Cc2ccc(-c3ncc(C4=CCC(C5CCCCC5)CC4)cn3)cc2)C(=O)N2CC(C(=O)O)C2)s1.CCC1CCC(C2CC=C(c3cnc(-c4ccc(C[C@H](NC(=O)c5ccc(C(C)(C)C)s5)C(=O)N5CC(C(=O)O)C5)cc4)nc3)CC2)CC1.CCCC1CCC(C2CC=C(c3cnc(-c4ccc(C[C@H](NC(=O)c5ccc(C(C)(C)C)s5)C(=O)N[C@H](Cc5cnc[nH]5)C(=O)O)cc4)nc3)CC2)CC1. The van der Waals surface area contributed by atoms with E-state index in [0.717, 1.165) is 151 Å². The van der Waals surface area contributed by atoms with Crippen molar-refractivity contribution in [1.29, 1.82) is 0 Å². The number of aromatic amines is 1. The smallest absolute Gasteiger partial charge is 0.326 e. The number of aromatic nitrogens is 8. The van der Waals surface area contributed by atoms with E-state index < -0.39 is 59.8 Å². The molecule has 0 bridgehead atoms. The molecule has 18 rings (SSSR count). The molecule has 2 aliphatic heterocycles. The Balaban J connectivity index is 0.000000161. The molecule has 3 unspecified atom stereocenters. The molecule has 3 saturated carbocycles. The summed E-state index contributed by atoms with van der Waals surface area (Å²) >= 11 is 4.23. The van der Waals surface area contributed by atoms with E-state index in [0.29, 0.717) is 37.8 Å². The van der Waals surface area contributed by atoms with Gasteiger partial charge >= 0.3 is 17.9 Å². The van der Waals surface area contributed by atoms with Gasteiger partial charge in [-0.3, -0.25) is 38.4 Å². The van der Waals surface area contributed by atoms with Crippen molar-refractivity contribution >= 4 is 104 Å². The lowest BCUT2D eigenvalue weighted by molar-refractivity contribution is -0.155. The molecule has 3 aromatic carbocycles. The van der Waals surface area contributed by atoms with Crippen molar-refractivity contribution in [3.05, 3.63) is 245 Å². The average Bonchev–Trinajstić information content (AvgIpc) is 1.19. The number of likely N-dealkylation sites (tertiary alicyclic amines) is 2. The predicted octanol–water partition coefficient (Wildman–Crippen LogP) is 23.1. The van der Waals surface area contributed by atoms with Gasteiger partial charge in [-0.1, -0.05) is 244 Å². The van der Waals surface area contributed by atoms with Crippen LogP contribution in [0.25, 0.3) is 50.9 Å². The normalized spacial score (nSPS) is 20.7. The Labute approximate surface area is 895 Å². The number of rotatable bonds is 33. The Morgan fingerprint density at radius 1 is 0.373 bits per heavy atom. The van der Waals surface area contributed by atoms with Crippen molar-refractivity contribution in [2.45, 2.75) is 303 Å². The van der Waals surface area contributed by atoms with Crippen LogP contribution in [0.3, 0.4) is 0 Å². The molecule has 26 nitrogen and oxygen atoms in total. The maximum atomic E-state index is 13.7. The average molecular weight is 2090 g/mol. The number of benzene rings is 3. The molecule has 8 N–H and O–H groups in total. The number of allylic oxidation sites excluding steroid dienone is 6. The second-order valence-corrected chi connectivity index (χ2v) is 49.3. The van der Waals surface area contributed by atoms with Gasteiger partial charge in [0.1, 0.15) is 24.2 Å². The number of H-pyrrole nitrogens is 1. The van der Waals surface area contributed by atoms with Crippen LogP contribution in [-0.2, 0) is 70.7 Å². The zero-order valence-corrected chi connectivity index (χ0v) is 91.4. The van der Waals surface area contributed by atoms with Crippen molar-refractivity contribution in [1.82, 2.24) is 70.9 Å². The summed E-state index contributed by atoms with van der Waals surface area (Å²) in [4.78, 5) is 158. The van der Waals surface area contributed by atoms with Crippen LogP contribution in [-0.4, -0.2) is 169 Å². The number of hydrogen-bond donors (Lipinski definition) is 8. The van der Waals surface area contributed by atoms with Crippen LogP contribution in [0.4, 0.5) is 0 Å². The summed E-state index contributed by atoms with van der Waals surface area (Å²) in [5, 5.41) is 39.9. The van der Waals surface area contributed by atoms with E-state index in [2.05, 4.69) is 126 Å². The molecule has 794 valence electrons. The molecule has 8 aliphatic rings. The third-order valence-electron chi connectivity index (χ3n) is 32.3. The highest BCUT2D eigenvalue weighted by Crippen LogP contribution is 2.46. The van der Waals surface area contributed by atoms with E-state index >= 15 is 0 Å². The maximum absolute atomic E-state index is 13.7. The summed E-state index contributed by atoms with van der Waals surface area (Å²) in [7, 11) is 0. The zero-order valence-electron chi connectivity index (χ0n) is 88.9. The molecule has 150 heavy (non-hydrogen) atoms. The topological polar surface area (TPSA) is 375 Å². The number of imidazole rings is 1. The minimum atomic E-state index is -1.21. The molecular weight excluding hydrogens is 1940 g/mol. The summed E-state index contributed by atoms with van der Waals surface area (Å²) in [5.74, 6) is 2.61. The molecule has 10 aromatic rings. The van der Waals surface area contributed by atoms with Crippen molar-refractivity contribution in [2.75, 3.05) is 26.2 Å². The highest BCUT2D eigenvalue weighted by Gasteiger charge is 2.43.